The van der Waals surface area contributed by atoms with E-state index in [1.54, 1.807) is 6.07 Å². The molecule has 0 spiro atoms. The molecule has 4 nitrogen and oxygen atoms in total. The summed E-state index contributed by atoms with van der Waals surface area (Å²) in [5.74, 6) is 0.361. The van der Waals surface area contributed by atoms with Crippen molar-refractivity contribution in [1.29, 1.82) is 0 Å². The number of morpholine rings is 1. The Labute approximate surface area is 168 Å². The Morgan fingerprint density at radius 3 is 2.43 bits per heavy atom. The molecule has 0 atom stereocenters. The van der Waals surface area contributed by atoms with Gasteiger partial charge in [0.1, 0.15) is 5.75 Å². The first-order valence-corrected chi connectivity index (χ1v) is 10.5. The molecule has 1 aliphatic heterocycles. The van der Waals surface area contributed by atoms with Gasteiger partial charge in [0.25, 0.3) is 0 Å². The van der Waals surface area contributed by atoms with Crippen LogP contribution in [-0.4, -0.2) is 54.3 Å². The lowest BCUT2D eigenvalue weighted by Gasteiger charge is -2.49. The van der Waals surface area contributed by atoms with Crippen LogP contribution in [0.1, 0.15) is 36.8 Å². The van der Waals surface area contributed by atoms with Gasteiger partial charge in [-0.2, -0.15) is 0 Å². The molecule has 150 valence electrons. The fourth-order valence-electron chi connectivity index (χ4n) is 5.08. The van der Waals surface area contributed by atoms with E-state index in [1.807, 2.05) is 12.1 Å². The molecule has 2 aromatic rings. The summed E-state index contributed by atoms with van der Waals surface area (Å²) in [5, 5.41) is 10.1. The first-order valence-electron chi connectivity index (χ1n) is 10.5. The summed E-state index contributed by atoms with van der Waals surface area (Å²) in [5.41, 5.74) is 2.54. The molecule has 2 fully saturated rings. The summed E-state index contributed by atoms with van der Waals surface area (Å²) in [4.78, 5) is 5.12. The van der Waals surface area contributed by atoms with Crippen LogP contribution in [-0.2, 0) is 16.8 Å². The number of phenolic OH excluding ortho intramolecular Hbond substituents is 1. The van der Waals surface area contributed by atoms with Crippen LogP contribution in [0.5, 0.6) is 5.75 Å². The summed E-state index contributed by atoms with van der Waals surface area (Å²) >= 11 is 0. The highest BCUT2D eigenvalue weighted by Crippen LogP contribution is 2.44. The highest BCUT2D eigenvalue weighted by atomic mass is 16.5. The normalized spacial score (nSPS) is 26.4. The predicted octanol–water partition coefficient (Wildman–Crippen LogP) is 3.99. The van der Waals surface area contributed by atoms with Gasteiger partial charge in [0.2, 0.25) is 0 Å². The van der Waals surface area contributed by atoms with Crippen LogP contribution in [0.15, 0.2) is 54.6 Å². The molecule has 28 heavy (non-hydrogen) atoms. The number of phenols is 1. The van der Waals surface area contributed by atoms with E-state index in [1.165, 1.54) is 24.0 Å². The van der Waals surface area contributed by atoms with Crippen molar-refractivity contribution in [2.75, 3.05) is 33.4 Å². The van der Waals surface area contributed by atoms with E-state index in [4.69, 9.17) is 4.74 Å². The van der Waals surface area contributed by atoms with Crippen molar-refractivity contribution >= 4 is 0 Å². The van der Waals surface area contributed by atoms with Crippen LogP contribution in [0, 0.1) is 0 Å². The van der Waals surface area contributed by atoms with Crippen LogP contribution in [0.2, 0.25) is 0 Å². The summed E-state index contributed by atoms with van der Waals surface area (Å²) in [6.07, 6.45) is 4.60. The maximum atomic E-state index is 10.1. The first kappa shape index (κ1) is 19.4. The van der Waals surface area contributed by atoms with Gasteiger partial charge in [0.15, 0.2) is 0 Å². The molecule has 2 aromatic carbocycles. The second-order valence-electron chi connectivity index (χ2n) is 8.30. The third-order valence-electron chi connectivity index (χ3n) is 6.72. The Balaban J connectivity index is 1.56. The van der Waals surface area contributed by atoms with Gasteiger partial charge in [0, 0.05) is 31.2 Å². The third kappa shape index (κ3) is 4.09. The molecular formula is C24H32N2O2. The van der Waals surface area contributed by atoms with Crippen LogP contribution < -0.4 is 0 Å². The average molecular weight is 381 g/mol. The minimum absolute atomic E-state index is 0.0304. The molecule has 0 unspecified atom stereocenters. The van der Waals surface area contributed by atoms with Gasteiger partial charge in [-0.05, 0) is 56.0 Å². The molecule has 0 bridgehead atoms. The lowest BCUT2D eigenvalue weighted by molar-refractivity contribution is -0.0171. The number of benzene rings is 2. The van der Waals surface area contributed by atoms with Crippen molar-refractivity contribution in [1.82, 2.24) is 9.80 Å². The van der Waals surface area contributed by atoms with Crippen LogP contribution >= 0.6 is 0 Å². The van der Waals surface area contributed by atoms with Gasteiger partial charge in [-0.25, -0.2) is 0 Å². The number of rotatable bonds is 5. The van der Waals surface area contributed by atoms with Gasteiger partial charge in [0.05, 0.1) is 13.2 Å². The zero-order valence-corrected chi connectivity index (χ0v) is 16.9. The van der Waals surface area contributed by atoms with Gasteiger partial charge in [-0.1, -0.05) is 42.5 Å². The second-order valence-corrected chi connectivity index (χ2v) is 8.30. The predicted molar refractivity (Wildman–Crippen MR) is 112 cm³/mol. The first-order chi connectivity index (χ1) is 13.7. The monoisotopic (exact) mass is 380 g/mol. The molecule has 1 heterocycles. The Morgan fingerprint density at radius 1 is 1.04 bits per heavy atom. The summed E-state index contributed by atoms with van der Waals surface area (Å²) < 4.78 is 5.54. The number of hydrogen-bond acceptors (Lipinski definition) is 4. The van der Waals surface area contributed by atoms with Crippen molar-refractivity contribution in [2.45, 2.75) is 43.8 Å². The van der Waals surface area contributed by atoms with E-state index >= 15 is 0 Å². The van der Waals surface area contributed by atoms with E-state index in [0.29, 0.717) is 11.8 Å². The van der Waals surface area contributed by atoms with Crippen molar-refractivity contribution in [3.63, 3.8) is 0 Å². The topological polar surface area (TPSA) is 35.9 Å². The second kappa shape index (κ2) is 8.64. The zero-order valence-electron chi connectivity index (χ0n) is 16.9. The summed E-state index contributed by atoms with van der Waals surface area (Å²) in [6.45, 7) is 4.76. The Morgan fingerprint density at radius 2 is 1.75 bits per heavy atom. The van der Waals surface area contributed by atoms with Crippen molar-refractivity contribution < 1.29 is 9.84 Å². The molecule has 1 saturated carbocycles. The SMILES string of the molecule is CN(Cc1ccccc1)C1(c2cccc(O)c2)CCC(N2CCOCC2)CC1. The minimum atomic E-state index is -0.0304. The molecule has 4 rings (SSSR count). The Hall–Kier alpha value is -1.88. The Bertz CT molecular complexity index is 750. The van der Waals surface area contributed by atoms with Crippen LogP contribution in [0.25, 0.3) is 0 Å². The fraction of sp³-hybridized carbons (Fsp3) is 0.500. The molecule has 0 amide bonds. The summed E-state index contributed by atoms with van der Waals surface area (Å²) in [6, 6.07) is 19.3. The van der Waals surface area contributed by atoms with Gasteiger partial charge in [-0.3, -0.25) is 9.80 Å². The highest BCUT2D eigenvalue weighted by molar-refractivity contribution is 5.33. The quantitative estimate of drug-likeness (QED) is 0.851. The average Bonchev–Trinajstić information content (AvgIpc) is 2.75. The number of hydrogen-bond donors (Lipinski definition) is 1. The third-order valence-corrected chi connectivity index (χ3v) is 6.72. The van der Waals surface area contributed by atoms with Gasteiger partial charge in [-0.15, -0.1) is 0 Å². The van der Waals surface area contributed by atoms with E-state index in [9.17, 15) is 5.11 Å². The van der Waals surface area contributed by atoms with E-state index in [0.717, 1.165) is 45.7 Å². The maximum absolute atomic E-state index is 10.1. The van der Waals surface area contributed by atoms with Crippen molar-refractivity contribution in [3.8, 4) is 5.75 Å². The molecule has 1 aliphatic carbocycles. The van der Waals surface area contributed by atoms with Crippen LogP contribution in [0.4, 0.5) is 0 Å². The van der Waals surface area contributed by atoms with E-state index < -0.39 is 0 Å². The largest absolute Gasteiger partial charge is 0.508 e. The number of nitrogens with zero attached hydrogens (tertiary/aromatic N) is 2. The molecular weight excluding hydrogens is 348 g/mol. The lowest BCUT2D eigenvalue weighted by Crippen LogP contribution is -2.51. The Kier molecular flexibility index (Phi) is 6.00. The summed E-state index contributed by atoms with van der Waals surface area (Å²) in [7, 11) is 2.24. The maximum Gasteiger partial charge on any atom is 0.115 e. The lowest BCUT2D eigenvalue weighted by atomic mass is 9.73. The van der Waals surface area contributed by atoms with Crippen molar-refractivity contribution in [2.24, 2.45) is 0 Å². The highest BCUT2D eigenvalue weighted by Gasteiger charge is 2.41. The standard InChI is InChI=1S/C24H32N2O2/c1-25(19-20-6-3-2-4-7-20)24(21-8-5-9-23(27)18-21)12-10-22(11-13-24)26-14-16-28-17-15-26/h2-9,18,22,27H,10-17,19H2,1H3. The van der Waals surface area contributed by atoms with Gasteiger partial charge >= 0.3 is 0 Å². The van der Waals surface area contributed by atoms with Crippen LogP contribution in [0.3, 0.4) is 0 Å². The number of ether oxygens (including phenoxy) is 1. The smallest absolute Gasteiger partial charge is 0.115 e. The minimum Gasteiger partial charge on any atom is -0.508 e. The van der Waals surface area contributed by atoms with E-state index in [2.05, 4.69) is 53.2 Å². The van der Waals surface area contributed by atoms with Gasteiger partial charge < -0.3 is 9.84 Å². The molecule has 1 saturated heterocycles. The molecule has 1 N–H and O–H groups in total. The molecule has 0 aromatic heterocycles. The number of aromatic hydroxyl groups is 1. The molecule has 0 radical (unpaired) electrons. The molecule has 4 heteroatoms. The zero-order chi connectivity index (χ0) is 19.4. The van der Waals surface area contributed by atoms with Crippen molar-refractivity contribution in [3.05, 3.63) is 65.7 Å². The van der Waals surface area contributed by atoms with E-state index in [-0.39, 0.29) is 5.54 Å². The molecule has 2 aliphatic rings. The fourth-order valence-corrected chi connectivity index (χ4v) is 5.08.